The molecule has 1 amide bonds. The maximum atomic E-state index is 12.5. The Labute approximate surface area is 131 Å². The SMILES string of the molecule is CSc1ccc(C(=O)N2CCCC[C@@H]2C(=O)O)cc1[N+](=O)[O-]. The Hall–Kier alpha value is -2.09. The van der Waals surface area contributed by atoms with Crippen molar-refractivity contribution in [2.45, 2.75) is 30.2 Å². The highest BCUT2D eigenvalue weighted by atomic mass is 32.2. The number of carboxylic acids is 1. The van der Waals surface area contributed by atoms with Gasteiger partial charge in [0.1, 0.15) is 6.04 Å². The first-order chi connectivity index (χ1) is 10.5. The molecule has 0 spiro atoms. The largest absolute Gasteiger partial charge is 0.480 e. The average Bonchev–Trinajstić information content (AvgIpc) is 2.53. The van der Waals surface area contributed by atoms with Crippen LogP contribution in [0.2, 0.25) is 0 Å². The van der Waals surface area contributed by atoms with Gasteiger partial charge >= 0.3 is 5.97 Å². The molecule has 0 bridgehead atoms. The van der Waals surface area contributed by atoms with Gasteiger partial charge in [0.2, 0.25) is 0 Å². The number of carbonyl (C=O) groups excluding carboxylic acids is 1. The Morgan fingerprint density at radius 2 is 2.14 bits per heavy atom. The summed E-state index contributed by atoms with van der Waals surface area (Å²) in [6, 6.07) is 3.40. The summed E-state index contributed by atoms with van der Waals surface area (Å²) in [6.07, 6.45) is 3.62. The highest BCUT2D eigenvalue weighted by Gasteiger charge is 2.33. The number of carboxylic acid groups (broad SMARTS) is 1. The van der Waals surface area contributed by atoms with Crippen molar-refractivity contribution >= 4 is 29.3 Å². The standard InChI is InChI=1S/C14H16N2O5S/c1-22-12-6-5-9(8-11(12)16(20)21)13(17)15-7-3-2-4-10(15)14(18)19/h5-6,8,10H,2-4,7H2,1H3,(H,18,19)/t10-/m1/s1. The van der Waals surface area contributed by atoms with Crippen molar-refractivity contribution in [3.8, 4) is 0 Å². The Kier molecular flexibility index (Phi) is 5.02. The number of likely N-dealkylation sites (tertiary alicyclic amines) is 1. The van der Waals surface area contributed by atoms with Crippen LogP contribution in [0.25, 0.3) is 0 Å². The lowest BCUT2D eigenvalue weighted by molar-refractivity contribution is -0.387. The second-order valence-corrected chi connectivity index (χ2v) is 5.84. The van der Waals surface area contributed by atoms with Crippen molar-refractivity contribution in [1.82, 2.24) is 4.90 Å². The van der Waals surface area contributed by atoms with E-state index in [0.717, 1.165) is 12.8 Å². The second-order valence-electron chi connectivity index (χ2n) is 4.99. The molecule has 7 nitrogen and oxygen atoms in total. The van der Waals surface area contributed by atoms with E-state index in [1.54, 1.807) is 6.26 Å². The van der Waals surface area contributed by atoms with Crippen molar-refractivity contribution in [2.24, 2.45) is 0 Å². The molecule has 1 atom stereocenters. The fourth-order valence-electron chi connectivity index (χ4n) is 2.56. The third kappa shape index (κ3) is 3.22. The molecule has 0 unspecified atom stereocenters. The molecule has 118 valence electrons. The summed E-state index contributed by atoms with van der Waals surface area (Å²) in [4.78, 5) is 36.1. The lowest BCUT2D eigenvalue weighted by atomic mass is 10.0. The zero-order chi connectivity index (χ0) is 16.3. The van der Waals surface area contributed by atoms with Crippen LogP contribution in [0.5, 0.6) is 0 Å². The first kappa shape index (κ1) is 16.3. The first-order valence-corrected chi connectivity index (χ1v) is 8.04. The van der Waals surface area contributed by atoms with Gasteiger partial charge < -0.3 is 10.0 Å². The number of thioether (sulfide) groups is 1. The quantitative estimate of drug-likeness (QED) is 0.518. The highest BCUT2D eigenvalue weighted by Crippen LogP contribution is 2.29. The van der Waals surface area contributed by atoms with Gasteiger partial charge in [-0.05, 0) is 37.7 Å². The van der Waals surface area contributed by atoms with Crippen LogP contribution in [0.15, 0.2) is 23.1 Å². The van der Waals surface area contributed by atoms with Crippen LogP contribution in [0.1, 0.15) is 29.6 Å². The van der Waals surface area contributed by atoms with Crippen LogP contribution >= 0.6 is 11.8 Å². The Bertz CT molecular complexity index is 619. The Balaban J connectivity index is 2.34. The van der Waals surface area contributed by atoms with Gasteiger partial charge in [-0.15, -0.1) is 11.8 Å². The fraction of sp³-hybridized carbons (Fsp3) is 0.429. The molecule has 0 aromatic heterocycles. The minimum absolute atomic E-state index is 0.137. The average molecular weight is 324 g/mol. The first-order valence-electron chi connectivity index (χ1n) is 6.82. The van der Waals surface area contributed by atoms with Gasteiger partial charge in [0.15, 0.2) is 0 Å². The third-order valence-corrected chi connectivity index (χ3v) is 4.46. The van der Waals surface area contributed by atoms with E-state index in [-0.39, 0.29) is 11.3 Å². The van der Waals surface area contributed by atoms with Gasteiger partial charge in [-0.3, -0.25) is 14.9 Å². The predicted octanol–water partition coefficient (Wildman–Crippen LogP) is 2.40. The predicted molar refractivity (Wildman–Crippen MR) is 81.2 cm³/mol. The molecule has 2 rings (SSSR count). The number of benzene rings is 1. The normalized spacial score (nSPS) is 18.0. The van der Waals surface area contributed by atoms with Gasteiger partial charge in [-0.2, -0.15) is 0 Å². The van der Waals surface area contributed by atoms with Gasteiger partial charge in [-0.1, -0.05) is 0 Å². The molecule has 8 heteroatoms. The monoisotopic (exact) mass is 324 g/mol. The van der Waals surface area contributed by atoms with E-state index in [4.69, 9.17) is 0 Å². The van der Waals surface area contributed by atoms with Crippen LogP contribution in [0.3, 0.4) is 0 Å². The van der Waals surface area contributed by atoms with Gasteiger partial charge in [-0.25, -0.2) is 4.79 Å². The molecule has 0 aliphatic carbocycles. The van der Waals surface area contributed by atoms with E-state index >= 15 is 0 Å². The number of hydrogen-bond donors (Lipinski definition) is 1. The van der Waals surface area contributed by atoms with Gasteiger partial charge in [0.05, 0.1) is 9.82 Å². The van der Waals surface area contributed by atoms with Crippen LogP contribution in [-0.2, 0) is 4.79 Å². The number of hydrogen-bond acceptors (Lipinski definition) is 5. The van der Waals surface area contributed by atoms with Crippen LogP contribution < -0.4 is 0 Å². The van der Waals surface area contributed by atoms with Crippen molar-refractivity contribution in [3.05, 3.63) is 33.9 Å². The Morgan fingerprint density at radius 1 is 1.41 bits per heavy atom. The lowest BCUT2D eigenvalue weighted by Gasteiger charge is -2.33. The van der Waals surface area contributed by atoms with E-state index in [0.29, 0.717) is 17.9 Å². The summed E-state index contributed by atoms with van der Waals surface area (Å²) in [5.41, 5.74) is 0.0138. The van der Waals surface area contributed by atoms with Crippen molar-refractivity contribution in [3.63, 3.8) is 0 Å². The molecule has 1 aliphatic heterocycles. The lowest BCUT2D eigenvalue weighted by Crippen LogP contribution is -2.48. The van der Waals surface area contributed by atoms with Gasteiger partial charge in [0, 0.05) is 18.2 Å². The summed E-state index contributed by atoms with van der Waals surface area (Å²) in [5.74, 6) is -1.51. The van der Waals surface area contributed by atoms with E-state index < -0.39 is 22.8 Å². The number of nitro benzene ring substituents is 1. The number of nitro groups is 1. The van der Waals surface area contributed by atoms with Crippen LogP contribution in [0, 0.1) is 10.1 Å². The van der Waals surface area contributed by atoms with E-state index in [9.17, 15) is 24.8 Å². The number of amides is 1. The fourth-order valence-corrected chi connectivity index (χ4v) is 3.11. The number of rotatable bonds is 4. The maximum absolute atomic E-state index is 12.5. The van der Waals surface area contributed by atoms with Crippen LogP contribution in [-0.4, -0.2) is 45.6 Å². The molecular formula is C14H16N2O5S. The summed E-state index contributed by atoms with van der Waals surface area (Å²) in [5, 5.41) is 20.3. The second kappa shape index (κ2) is 6.78. The van der Waals surface area contributed by atoms with Gasteiger partial charge in [0.25, 0.3) is 11.6 Å². The highest BCUT2D eigenvalue weighted by molar-refractivity contribution is 7.98. The third-order valence-electron chi connectivity index (χ3n) is 3.67. The molecule has 0 radical (unpaired) electrons. The Morgan fingerprint density at radius 3 is 2.73 bits per heavy atom. The molecule has 1 heterocycles. The minimum atomic E-state index is -1.04. The van der Waals surface area contributed by atoms with E-state index in [1.807, 2.05) is 0 Å². The molecule has 0 saturated carbocycles. The summed E-state index contributed by atoms with van der Waals surface area (Å²) >= 11 is 1.22. The van der Waals surface area contributed by atoms with E-state index in [2.05, 4.69) is 0 Å². The maximum Gasteiger partial charge on any atom is 0.326 e. The van der Waals surface area contributed by atoms with Crippen LogP contribution in [0.4, 0.5) is 5.69 Å². The summed E-state index contributed by atoms with van der Waals surface area (Å²) in [6.45, 7) is 0.355. The molecule has 1 aliphatic rings. The summed E-state index contributed by atoms with van der Waals surface area (Å²) < 4.78 is 0. The van der Waals surface area contributed by atoms with E-state index in [1.165, 1.54) is 34.9 Å². The molecule has 22 heavy (non-hydrogen) atoms. The molecule has 1 aromatic rings. The topological polar surface area (TPSA) is 101 Å². The summed E-state index contributed by atoms with van der Waals surface area (Å²) in [7, 11) is 0. The molecule has 1 saturated heterocycles. The number of nitrogens with zero attached hydrogens (tertiary/aromatic N) is 2. The van der Waals surface area contributed by atoms with Crippen molar-refractivity contribution < 1.29 is 19.6 Å². The molecule has 1 aromatic carbocycles. The molecule has 1 fully saturated rings. The number of carbonyl (C=O) groups is 2. The number of piperidine rings is 1. The number of aliphatic carboxylic acids is 1. The van der Waals surface area contributed by atoms with Crippen molar-refractivity contribution in [1.29, 1.82) is 0 Å². The minimum Gasteiger partial charge on any atom is -0.480 e. The molecular weight excluding hydrogens is 308 g/mol. The van der Waals surface area contributed by atoms with Crippen molar-refractivity contribution in [2.75, 3.05) is 12.8 Å². The zero-order valence-electron chi connectivity index (χ0n) is 12.0. The smallest absolute Gasteiger partial charge is 0.326 e. The molecule has 1 N–H and O–H groups in total. The zero-order valence-corrected chi connectivity index (χ0v) is 12.8.